The van der Waals surface area contributed by atoms with Crippen LogP contribution < -0.4 is 0 Å². The highest BCUT2D eigenvalue weighted by Gasteiger charge is 2.52. The lowest BCUT2D eigenvalue weighted by atomic mass is 9.81. The molecule has 9 heteroatoms. The van der Waals surface area contributed by atoms with Crippen LogP contribution in [0.15, 0.2) is 0 Å². The highest BCUT2D eigenvalue weighted by molar-refractivity contribution is 6.05. The molecule has 0 aromatic carbocycles. The molecule has 2 aliphatic heterocycles. The van der Waals surface area contributed by atoms with Crippen molar-refractivity contribution in [1.82, 2.24) is 9.80 Å². The molecule has 3 fully saturated rings. The number of amides is 3. The molecule has 6 nitrogen and oxygen atoms in total. The molecule has 3 amide bonds. The van der Waals surface area contributed by atoms with Gasteiger partial charge in [-0.25, -0.2) is 4.79 Å². The number of carboxylic acid groups (broad SMARTS) is 1. The second kappa shape index (κ2) is 6.49. The van der Waals surface area contributed by atoms with Gasteiger partial charge in [0.15, 0.2) is 0 Å². The number of likely N-dealkylation sites (tertiary alicyclic amines) is 2. The van der Waals surface area contributed by atoms with Crippen LogP contribution >= 0.6 is 0 Å². The van der Waals surface area contributed by atoms with Gasteiger partial charge in [0.2, 0.25) is 11.8 Å². The minimum Gasteiger partial charge on any atom is -0.465 e. The highest BCUT2D eigenvalue weighted by atomic mass is 19.4. The van der Waals surface area contributed by atoms with E-state index in [1.54, 1.807) is 0 Å². The summed E-state index contributed by atoms with van der Waals surface area (Å²) in [6.07, 6.45) is -3.02. The van der Waals surface area contributed by atoms with Crippen LogP contribution in [0.2, 0.25) is 0 Å². The Labute approximate surface area is 142 Å². The van der Waals surface area contributed by atoms with Gasteiger partial charge in [-0.2, -0.15) is 13.2 Å². The first-order valence-electron chi connectivity index (χ1n) is 8.60. The van der Waals surface area contributed by atoms with Crippen LogP contribution in [0.4, 0.5) is 18.0 Å². The van der Waals surface area contributed by atoms with Crippen molar-refractivity contribution in [2.75, 3.05) is 19.6 Å². The number of alkyl halides is 3. The van der Waals surface area contributed by atoms with Crippen LogP contribution in [-0.2, 0) is 9.59 Å². The SMILES string of the molecule is O=C(O)N1CCC(CN2C(=O)C3CCCCC3C2=O)C(C(F)(F)F)C1. The Balaban J connectivity index is 1.75. The first kappa shape index (κ1) is 18.0. The predicted molar refractivity (Wildman–Crippen MR) is 79.4 cm³/mol. The van der Waals surface area contributed by atoms with Crippen molar-refractivity contribution in [3.63, 3.8) is 0 Å². The summed E-state index contributed by atoms with van der Waals surface area (Å²) < 4.78 is 40.2. The zero-order chi connectivity index (χ0) is 18.4. The maximum Gasteiger partial charge on any atom is 0.407 e. The fourth-order valence-corrected chi connectivity index (χ4v) is 4.41. The minimum atomic E-state index is -4.57. The van der Waals surface area contributed by atoms with Gasteiger partial charge in [0.1, 0.15) is 0 Å². The Kier molecular flexibility index (Phi) is 4.68. The van der Waals surface area contributed by atoms with Crippen LogP contribution in [-0.4, -0.2) is 58.6 Å². The molecule has 1 N–H and O–H groups in total. The number of piperidine rings is 1. The molecule has 0 spiro atoms. The second-order valence-electron chi connectivity index (χ2n) is 7.21. The topological polar surface area (TPSA) is 77.9 Å². The van der Waals surface area contributed by atoms with Crippen molar-refractivity contribution in [2.24, 2.45) is 23.7 Å². The number of fused-ring (bicyclic) bond motifs is 1. The number of halogens is 3. The molecule has 140 valence electrons. The van der Waals surface area contributed by atoms with Crippen LogP contribution in [0.1, 0.15) is 32.1 Å². The lowest BCUT2D eigenvalue weighted by molar-refractivity contribution is -0.201. The first-order valence-corrected chi connectivity index (χ1v) is 8.60. The highest BCUT2D eigenvalue weighted by Crippen LogP contribution is 2.41. The Hall–Kier alpha value is -1.80. The number of carbonyl (C=O) groups excluding carboxylic acids is 2. The van der Waals surface area contributed by atoms with E-state index in [0.717, 1.165) is 22.6 Å². The average molecular weight is 362 g/mol. The molecule has 4 atom stereocenters. The fourth-order valence-electron chi connectivity index (χ4n) is 4.41. The van der Waals surface area contributed by atoms with E-state index in [1.165, 1.54) is 0 Å². The third kappa shape index (κ3) is 3.32. The third-order valence-corrected chi connectivity index (χ3v) is 5.80. The van der Waals surface area contributed by atoms with Gasteiger partial charge in [-0.3, -0.25) is 14.5 Å². The Morgan fingerprint density at radius 2 is 1.64 bits per heavy atom. The van der Waals surface area contributed by atoms with E-state index in [2.05, 4.69) is 0 Å². The quantitative estimate of drug-likeness (QED) is 0.765. The molecule has 2 saturated heterocycles. The molecule has 1 saturated carbocycles. The smallest absolute Gasteiger partial charge is 0.407 e. The van der Waals surface area contributed by atoms with E-state index >= 15 is 0 Å². The molecule has 1 aliphatic carbocycles. The van der Waals surface area contributed by atoms with E-state index in [4.69, 9.17) is 5.11 Å². The number of hydrogen-bond donors (Lipinski definition) is 1. The van der Waals surface area contributed by atoms with Gasteiger partial charge >= 0.3 is 12.3 Å². The van der Waals surface area contributed by atoms with Crippen molar-refractivity contribution in [3.8, 4) is 0 Å². The summed E-state index contributed by atoms with van der Waals surface area (Å²) in [4.78, 5) is 37.7. The summed E-state index contributed by atoms with van der Waals surface area (Å²) in [6, 6.07) is 0. The summed E-state index contributed by atoms with van der Waals surface area (Å²) in [5.74, 6) is -4.29. The van der Waals surface area contributed by atoms with Crippen molar-refractivity contribution in [1.29, 1.82) is 0 Å². The second-order valence-corrected chi connectivity index (χ2v) is 7.21. The minimum absolute atomic E-state index is 0.0110. The number of carbonyl (C=O) groups is 3. The zero-order valence-corrected chi connectivity index (χ0v) is 13.7. The summed E-state index contributed by atoms with van der Waals surface area (Å²) in [5.41, 5.74) is 0. The summed E-state index contributed by atoms with van der Waals surface area (Å²) >= 11 is 0. The molecule has 0 aromatic rings. The summed E-state index contributed by atoms with van der Waals surface area (Å²) in [7, 11) is 0. The summed E-state index contributed by atoms with van der Waals surface area (Å²) in [6.45, 7) is -0.926. The number of imide groups is 1. The van der Waals surface area contributed by atoms with Crippen LogP contribution in [0, 0.1) is 23.7 Å². The fraction of sp³-hybridized carbons (Fsp3) is 0.812. The Bertz CT molecular complexity index is 556. The largest absolute Gasteiger partial charge is 0.465 e. The van der Waals surface area contributed by atoms with E-state index in [1.807, 2.05) is 0 Å². The third-order valence-electron chi connectivity index (χ3n) is 5.80. The molecule has 25 heavy (non-hydrogen) atoms. The van der Waals surface area contributed by atoms with Gasteiger partial charge in [0.25, 0.3) is 0 Å². The molecule has 0 bridgehead atoms. The van der Waals surface area contributed by atoms with Crippen LogP contribution in [0.5, 0.6) is 0 Å². The number of rotatable bonds is 2. The van der Waals surface area contributed by atoms with E-state index < -0.39 is 30.7 Å². The van der Waals surface area contributed by atoms with E-state index in [-0.39, 0.29) is 43.2 Å². The van der Waals surface area contributed by atoms with Crippen LogP contribution in [0.25, 0.3) is 0 Å². The molecule has 2 heterocycles. The van der Waals surface area contributed by atoms with E-state index in [0.29, 0.717) is 12.8 Å². The Morgan fingerprint density at radius 3 is 2.12 bits per heavy atom. The zero-order valence-electron chi connectivity index (χ0n) is 13.7. The lowest BCUT2D eigenvalue weighted by Crippen LogP contribution is -2.52. The normalized spacial score (nSPS) is 33.6. The molecule has 4 unspecified atom stereocenters. The van der Waals surface area contributed by atoms with Gasteiger partial charge in [-0.1, -0.05) is 12.8 Å². The maximum atomic E-state index is 13.4. The predicted octanol–water partition coefficient (Wildman–Crippen LogP) is 2.34. The van der Waals surface area contributed by atoms with Crippen LogP contribution in [0.3, 0.4) is 0 Å². The average Bonchev–Trinajstić information content (AvgIpc) is 2.79. The van der Waals surface area contributed by atoms with Gasteiger partial charge < -0.3 is 10.0 Å². The van der Waals surface area contributed by atoms with E-state index in [9.17, 15) is 27.6 Å². The molecular weight excluding hydrogens is 341 g/mol. The monoisotopic (exact) mass is 362 g/mol. The standard InChI is InChI=1S/C16H21F3N2O4/c17-16(18,19)12-8-20(15(24)25)6-5-9(12)7-21-13(22)10-3-1-2-4-11(10)14(21)23/h9-12H,1-8H2,(H,24,25). The molecule has 3 aliphatic rings. The van der Waals surface area contributed by atoms with Gasteiger partial charge in [0.05, 0.1) is 17.8 Å². The molecule has 0 aromatic heterocycles. The molecule has 3 rings (SSSR count). The summed E-state index contributed by atoms with van der Waals surface area (Å²) in [5, 5.41) is 8.96. The van der Waals surface area contributed by atoms with Crippen molar-refractivity contribution < 1.29 is 32.7 Å². The van der Waals surface area contributed by atoms with Gasteiger partial charge in [-0.15, -0.1) is 0 Å². The van der Waals surface area contributed by atoms with Crippen molar-refractivity contribution >= 4 is 17.9 Å². The van der Waals surface area contributed by atoms with Gasteiger partial charge in [-0.05, 0) is 25.2 Å². The number of nitrogens with zero attached hydrogens (tertiary/aromatic N) is 2. The lowest BCUT2D eigenvalue weighted by Gasteiger charge is -2.39. The number of hydrogen-bond acceptors (Lipinski definition) is 3. The Morgan fingerprint density at radius 1 is 1.08 bits per heavy atom. The van der Waals surface area contributed by atoms with Crippen molar-refractivity contribution in [2.45, 2.75) is 38.3 Å². The van der Waals surface area contributed by atoms with Crippen molar-refractivity contribution in [3.05, 3.63) is 0 Å². The van der Waals surface area contributed by atoms with Gasteiger partial charge in [0, 0.05) is 19.6 Å². The maximum absolute atomic E-state index is 13.4. The first-order chi connectivity index (χ1) is 11.7. The molecule has 0 radical (unpaired) electrons. The molecular formula is C16H21F3N2O4.